The molecule has 0 unspecified atom stereocenters. The van der Waals surface area contributed by atoms with Gasteiger partial charge in [0.15, 0.2) is 0 Å². The Bertz CT molecular complexity index is 384. The largest absolute Gasteiger partial charge is 0.462 e. The van der Waals surface area contributed by atoms with E-state index >= 15 is 0 Å². The summed E-state index contributed by atoms with van der Waals surface area (Å²) < 4.78 is 31.4. The summed E-state index contributed by atoms with van der Waals surface area (Å²) in [4.78, 5) is 11.4. The number of ether oxygens (including phenoxy) is 1. The van der Waals surface area contributed by atoms with E-state index in [1.165, 1.54) is 6.92 Å². The normalized spacial score (nSPS) is 12.8. The molecular weight excluding hydrogens is 272 g/mol. The maximum atomic E-state index is 13.5. The Kier molecular flexibility index (Phi) is 6.01. The molecule has 2 N–H and O–H groups in total. The monoisotopic (exact) mass is 285 g/mol. The van der Waals surface area contributed by atoms with E-state index in [1.807, 2.05) is 0 Å². The molecule has 1 atom stereocenters. The molecule has 1 aromatic heterocycles. The van der Waals surface area contributed by atoms with E-state index in [9.17, 15) is 13.6 Å². The number of nitrogens with two attached hydrogens (primary N) is 1. The zero-order valence-corrected chi connectivity index (χ0v) is 11.0. The van der Waals surface area contributed by atoms with Crippen molar-refractivity contribution in [2.24, 2.45) is 5.73 Å². The highest BCUT2D eigenvalue weighted by Crippen LogP contribution is 2.34. The summed E-state index contributed by atoms with van der Waals surface area (Å²) in [6.07, 6.45) is 0. The summed E-state index contributed by atoms with van der Waals surface area (Å²) in [5, 5.41) is 1.66. The Hall–Kier alpha value is -0.720. The van der Waals surface area contributed by atoms with Gasteiger partial charge in [0.2, 0.25) is 0 Å². The smallest absolute Gasteiger partial charge is 0.379 e. The van der Waals surface area contributed by atoms with Gasteiger partial charge in [0, 0.05) is 4.88 Å². The fourth-order valence-electron chi connectivity index (χ4n) is 1.22. The van der Waals surface area contributed by atoms with Gasteiger partial charge in [0.1, 0.15) is 6.04 Å². The number of hydrogen-bond donors (Lipinski definition) is 1. The van der Waals surface area contributed by atoms with Crippen molar-refractivity contribution < 1.29 is 18.3 Å². The van der Waals surface area contributed by atoms with Gasteiger partial charge in [0.25, 0.3) is 0 Å². The highest BCUT2D eigenvalue weighted by Gasteiger charge is 2.48. The standard InChI is InChI=1S/C10H13F2NO2S.ClH/c1-3-15-9(14)10(11,12)8(13)7-6(2)4-5-16-7;/h4-5,8H,3,13H2,1-2H3;1H/t8-;/m0./s1. The minimum absolute atomic E-state index is 0. The predicted octanol–water partition coefficient (Wildman–Crippen LogP) is 2.68. The minimum Gasteiger partial charge on any atom is -0.462 e. The van der Waals surface area contributed by atoms with Crippen LogP contribution >= 0.6 is 23.7 Å². The number of hydrogen-bond acceptors (Lipinski definition) is 4. The third kappa shape index (κ3) is 3.37. The van der Waals surface area contributed by atoms with Crippen molar-refractivity contribution in [3.05, 3.63) is 21.9 Å². The highest BCUT2D eigenvalue weighted by molar-refractivity contribution is 7.10. The van der Waals surface area contributed by atoms with Crippen LogP contribution in [0.15, 0.2) is 11.4 Å². The molecule has 98 valence electrons. The van der Waals surface area contributed by atoms with E-state index in [4.69, 9.17) is 5.73 Å². The first kappa shape index (κ1) is 16.3. The number of alkyl halides is 2. The van der Waals surface area contributed by atoms with Gasteiger partial charge in [-0.05, 0) is 30.9 Å². The number of carbonyl (C=O) groups is 1. The van der Waals surface area contributed by atoms with Crippen LogP contribution in [0.4, 0.5) is 8.78 Å². The SMILES string of the molecule is CCOC(=O)C(F)(F)[C@@H](N)c1sccc1C.Cl. The first-order valence-electron chi connectivity index (χ1n) is 4.75. The molecule has 0 saturated carbocycles. The van der Waals surface area contributed by atoms with E-state index in [-0.39, 0.29) is 19.0 Å². The summed E-state index contributed by atoms with van der Waals surface area (Å²) in [6, 6.07) is 0.0349. The summed E-state index contributed by atoms with van der Waals surface area (Å²) in [5.74, 6) is -5.26. The molecule has 0 saturated heterocycles. The van der Waals surface area contributed by atoms with Gasteiger partial charge < -0.3 is 10.5 Å². The average molecular weight is 286 g/mol. The lowest BCUT2D eigenvalue weighted by Gasteiger charge is -2.21. The number of aryl methyl sites for hydroxylation is 1. The minimum atomic E-state index is -3.69. The first-order valence-corrected chi connectivity index (χ1v) is 5.63. The van der Waals surface area contributed by atoms with Gasteiger partial charge >= 0.3 is 11.9 Å². The van der Waals surface area contributed by atoms with Crippen LogP contribution in [0.2, 0.25) is 0 Å². The molecule has 0 fully saturated rings. The molecule has 0 radical (unpaired) electrons. The molecule has 7 heteroatoms. The molecule has 0 amide bonds. The van der Waals surface area contributed by atoms with Crippen molar-refractivity contribution in [1.82, 2.24) is 0 Å². The van der Waals surface area contributed by atoms with Gasteiger partial charge in [-0.1, -0.05) is 0 Å². The molecule has 0 aliphatic carbocycles. The lowest BCUT2D eigenvalue weighted by atomic mass is 10.1. The zero-order chi connectivity index (χ0) is 12.3. The lowest BCUT2D eigenvalue weighted by molar-refractivity contribution is -0.174. The van der Waals surface area contributed by atoms with Crippen LogP contribution in [0.3, 0.4) is 0 Å². The maximum Gasteiger partial charge on any atom is 0.379 e. The molecule has 0 aromatic carbocycles. The fourth-order valence-corrected chi connectivity index (χ4v) is 2.19. The van der Waals surface area contributed by atoms with Crippen molar-refractivity contribution in [2.75, 3.05) is 6.61 Å². The van der Waals surface area contributed by atoms with E-state index in [1.54, 1.807) is 18.4 Å². The summed E-state index contributed by atoms with van der Waals surface area (Å²) in [7, 11) is 0. The van der Waals surface area contributed by atoms with Gasteiger partial charge in [-0.25, -0.2) is 4.79 Å². The third-order valence-corrected chi connectivity index (χ3v) is 3.22. The molecule has 0 spiro atoms. The summed E-state index contributed by atoms with van der Waals surface area (Å²) in [6.45, 7) is 3.05. The summed E-state index contributed by atoms with van der Waals surface area (Å²) in [5.41, 5.74) is 6.06. The van der Waals surface area contributed by atoms with Crippen molar-refractivity contribution in [1.29, 1.82) is 0 Å². The third-order valence-electron chi connectivity index (χ3n) is 2.12. The second kappa shape index (κ2) is 6.28. The second-order valence-electron chi connectivity index (χ2n) is 3.29. The number of rotatable bonds is 4. The van der Waals surface area contributed by atoms with Crippen molar-refractivity contribution in [3.8, 4) is 0 Å². The molecule has 1 heterocycles. The van der Waals surface area contributed by atoms with Gasteiger partial charge in [-0.2, -0.15) is 8.78 Å². The Morgan fingerprint density at radius 1 is 1.65 bits per heavy atom. The van der Waals surface area contributed by atoms with Crippen molar-refractivity contribution >= 4 is 29.7 Å². The van der Waals surface area contributed by atoms with Gasteiger partial charge in [-0.3, -0.25) is 0 Å². The molecule has 0 aliphatic heterocycles. The molecule has 3 nitrogen and oxygen atoms in total. The van der Waals surface area contributed by atoms with Crippen LogP contribution in [-0.4, -0.2) is 18.5 Å². The van der Waals surface area contributed by atoms with Crippen LogP contribution < -0.4 is 5.73 Å². The second-order valence-corrected chi connectivity index (χ2v) is 4.24. The van der Waals surface area contributed by atoms with Gasteiger partial charge in [0.05, 0.1) is 6.61 Å². The lowest BCUT2D eigenvalue weighted by Crippen LogP contribution is -2.41. The fraction of sp³-hybridized carbons (Fsp3) is 0.500. The number of esters is 1. The zero-order valence-electron chi connectivity index (χ0n) is 9.41. The number of carbonyl (C=O) groups excluding carboxylic acids is 1. The van der Waals surface area contributed by atoms with E-state index < -0.39 is 17.9 Å². The Morgan fingerprint density at radius 2 is 2.24 bits per heavy atom. The molecule has 0 aliphatic rings. The molecule has 1 rings (SSSR count). The number of halogens is 3. The first-order chi connectivity index (χ1) is 7.41. The molecular formula is C10H14ClF2NO2S. The van der Waals surface area contributed by atoms with E-state index in [0.717, 1.165) is 11.3 Å². The Morgan fingerprint density at radius 3 is 2.65 bits per heavy atom. The molecule has 17 heavy (non-hydrogen) atoms. The average Bonchev–Trinajstić information content (AvgIpc) is 2.63. The highest BCUT2D eigenvalue weighted by atomic mass is 35.5. The van der Waals surface area contributed by atoms with E-state index in [0.29, 0.717) is 10.4 Å². The van der Waals surface area contributed by atoms with Crippen molar-refractivity contribution in [2.45, 2.75) is 25.8 Å². The van der Waals surface area contributed by atoms with Crippen LogP contribution in [0.1, 0.15) is 23.4 Å². The van der Waals surface area contributed by atoms with Crippen LogP contribution in [0.25, 0.3) is 0 Å². The predicted molar refractivity (Wildman–Crippen MR) is 64.8 cm³/mol. The maximum absolute atomic E-state index is 13.5. The van der Waals surface area contributed by atoms with E-state index in [2.05, 4.69) is 4.74 Å². The van der Waals surface area contributed by atoms with Crippen molar-refractivity contribution in [3.63, 3.8) is 0 Å². The summed E-state index contributed by atoms with van der Waals surface area (Å²) >= 11 is 1.11. The van der Waals surface area contributed by atoms with Crippen LogP contribution in [0.5, 0.6) is 0 Å². The quantitative estimate of drug-likeness (QED) is 0.866. The Balaban J connectivity index is 0.00000256. The molecule has 1 aromatic rings. The Labute approximate surface area is 108 Å². The van der Waals surface area contributed by atoms with Crippen LogP contribution in [-0.2, 0) is 9.53 Å². The molecule has 0 bridgehead atoms. The van der Waals surface area contributed by atoms with Crippen LogP contribution in [0, 0.1) is 6.92 Å². The van der Waals surface area contributed by atoms with Gasteiger partial charge in [-0.15, -0.1) is 23.7 Å². The number of thiophene rings is 1. The topological polar surface area (TPSA) is 52.3 Å².